The van der Waals surface area contributed by atoms with Crippen molar-refractivity contribution in [2.24, 2.45) is 0 Å². The highest BCUT2D eigenvalue weighted by atomic mass is 35.6. The van der Waals surface area contributed by atoms with E-state index in [-0.39, 0.29) is 0 Å². The van der Waals surface area contributed by atoms with Crippen molar-refractivity contribution >= 4 is 52.4 Å². The van der Waals surface area contributed by atoms with Crippen molar-refractivity contribution in [3.8, 4) is 0 Å². The van der Waals surface area contributed by atoms with Crippen LogP contribution in [-0.4, -0.2) is 12.5 Å². The quantitative estimate of drug-likeness (QED) is 0.627. The van der Waals surface area contributed by atoms with Gasteiger partial charge in [-0.05, 0) is 0 Å². The van der Waals surface area contributed by atoms with Gasteiger partial charge in [0, 0.05) is 23.1 Å². The van der Waals surface area contributed by atoms with Crippen molar-refractivity contribution in [1.82, 2.24) is 4.31 Å². The Kier molecular flexibility index (Phi) is 3.34. The molecule has 1 aromatic carbocycles. The molecule has 0 saturated carbocycles. The van der Waals surface area contributed by atoms with Crippen molar-refractivity contribution in [3.05, 3.63) is 42.0 Å². The average molecular weight is 297 g/mol. The first-order valence-corrected chi connectivity index (χ1v) is 6.32. The number of benzene rings is 1. The zero-order valence-corrected chi connectivity index (χ0v) is 11.1. The molecule has 2 nitrogen and oxygen atoms in total. The molecule has 0 amide bonds. The van der Waals surface area contributed by atoms with Crippen LogP contribution in [0.4, 0.5) is 0 Å². The molecule has 6 heteroatoms. The lowest BCUT2D eigenvalue weighted by atomic mass is 10.1. The molecule has 0 aliphatic carbocycles. The summed E-state index contributed by atoms with van der Waals surface area (Å²) in [4.78, 5) is 0. The summed E-state index contributed by atoms with van der Waals surface area (Å²) >= 11 is 18.0. The predicted octanol–water partition coefficient (Wildman–Crippen LogP) is 3.94. The van der Waals surface area contributed by atoms with Crippen molar-refractivity contribution in [3.63, 3.8) is 0 Å². The van der Waals surface area contributed by atoms with Gasteiger partial charge in [-0.25, -0.2) is 0 Å². The Morgan fingerprint density at radius 2 is 1.94 bits per heavy atom. The minimum absolute atomic E-state index is 0.638. The van der Waals surface area contributed by atoms with E-state index >= 15 is 0 Å². The second-order valence-corrected chi connectivity index (χ2v) is 7.41. The summed E-state index contributed by atoms with van der Waals surface area (Å²) in [5, 5.41) is 10.0. The van der Waals surface area contributed by atoms with E-state index in [1.165, 1.54) is 4.31 Å². The highest BCUT2D eigenvalue weighted by Crippen LogP contribution is 2.51. The van der Waals surface area contributed by atoms with Gasteiger partial charge in [-0.2, -0.15) is 0 Å². The van der Waals surface area contributed by atoms with Gasteiger partial charge in [0.25, 0.3) is 3.12 Å². The summed E-state index contributed by atoms with van der Waals surface area (Å²) in [6.07, 6.45) is -0.829. The van der Waals surface area contributed by atoms with Gasteiger partial charge >= 0.3 is 0 Å². The molecule has 2 rings (SSSR count). The fraction of sp³-hybridized carbons (Fsp3) is 0.200. The number of hydrogen-bond donors (Lipinski definition) is 1. The maximum absolute atomic E-state index is 10.0. The predicted molar refractivity (Wildman–Crippen MR) is 70.2 cm³/mol. The van der Waals surface area contributed by atoms with E-state index in [9.17, 15) is 5.11 Å². The molecule has 1 aliphatic rings. The Bertz CT molecular complexity index is 432. The van der Waals surface area contributed by atoms with E-state index in [1.54, 1.807) is 0 Å². The van der Waals surface area contributed by atoms with Crippen LogP contribution in [0.15, 0.2) is 30.8 Å². The molecule has 0 saturated heterocycles. The number of fused-ring (bicyclic) bond motifs is 1. The molecule has 1 unspecified atom stereocenters. The van der Waals surface area contributed by atoms with Crippen LogP contribution in [0.5, 0.6) is 0 Å². The second-order valence-electron chi connectivity index (χ2n) is 3.27. The molecule has 0 bridgehead atoms. The van der Waals surface area contributed by atoms with Gasteiger partial charge in [-0.15, -0.1) is 0 Å². The van der Waals surface area contributed by atoms with Crippen LogP contribution < -0.4 is 0 Å². The summed E-state index contributed by atoms with van der Waals surface area (Å²) in [7, 11) is 0. The average Bonchev–Trinajstić information content (AvgIpc) is 2.43. The van der Waals surface area contributed by atoms with E-state index in [0.717, 1.165) is 23.1 Å². The summed E-state index contributed by atoms with van der Waals surface area (Å²) < 4.78 is -0.0242. The highest BCUT2D eigenvalue weighted by molar-refractivity contribution is 8.02. The van der Waals surface area contributed by atoms with Gasteiger partial charge in [0.05, 0.1) is 5.70 Å². The Morgan fingerprint density at radius 3 is 2.50 bits per heavy atom. The molecule has 0 spiro atoms. The number of nitrogens with zero attached hydrogens (tertiary/aromatic N) is 1. The lowest BCUT2D eigenvalue weighted by Gasteiger charge is -2.25. The third kappa shape index (κ3) is 2.29. The van der Waals surface area contributed by atoms with Crippen molar-refractivity contribution in [1.29, 1.82) is 0 Å². The molecular formula is C10H8Cl3NOS. The monoisotopic (exact) mass is 295 g/mol. The SMILES string of the molecule is C=C1c2ccccc2C(O)N1SC(Cl)(Cl)Cl. The van der Waals surface area contributed by atoms with Gasteiger partial charge in [-0.3, -0.25) is 4.31 Å². The second kappa shape index (κ2) is 4.31. The van der Waals surface area contributed by atoms with E-state index in [0.29, 0.717) is 5.70 Å². The van der Waals surface area contributed by atoms with E-state index < -0.39 is 9.35 Å². The lowest BCUT2D eigenvalue weighted by molar-refractivity contribution is 0.113. The normalized spacial score (nSPS) is 20.1. The Balaban J connectivity index is 2.32. The maximum Gasteiger partial charge on any atom is 0.256 e. The van der Waals surface area contributed by atoms with Crippen LogP contribution in [0.1, 0.15) is 17.4 Å². The van der Waals surface area contributed by atoms with Crippen molar-refractivity contribution in [2.45, 2.75) is 9.35 Å². The molecule has 0 fully saturated rings. The smallest absolute Gasteiger partial charge is 0.256 e. The van der Waals surface area contributed by atoms with E-state index in [1.807, 2.05) is 24.3 Å². The van der Waals surface area contributed by atoms with Gasteiger partial charge in [0.2, 0.25) is 0 Å². The summed E-state index contributed by atoms with van der Waals surface area (Å²) in [6, 6.07) is 7.42. The Labute approximate surface area is 113 Å². The topological polar surface area (TPSA) is 23.5 Å². The highest BCUT2D eigenvalue weighted by Gasteiger charge is 2.36. The fourth-order valence-corrected chi connectivity index (χ4v) is 2.91. The zero-order chi connectivity index (χ0) is 11.9. The summed E-state index contributed by atoms with van der Waals surface area (Å²) in [6.45, 7) is 3.88. The van der Waals surface area contributed by atoms with E-state index in [2.05, 4.69) is 6.58 Å². The Hall–Kier alpha value is -0.0600. The van der Waals surface area contributed by atoms with Crippen LogP contribution >= 0.6 is 46.8 Å². The summed E-state index contributed by atoms with van der Waals surface area (Å²) in [5.74, 6) is 0. The van der Waals surface area contributed by atoms with Crippen LogP contribution in [0.25, 0.3) is 5.70 Å². The minimum atomic E-state index is -1.52. The number of halogens is 3. The van der Waals surface area contributed by atoms with Crippen LogP contribution in [0, 0.1) is 0 Å². The fourth-order valence-electron chi connectivity index (χ4n) is 1.59. The lowest BCUT2D eigenvalue weighted by Crippen LogP contribution is -2.17. The van der Waals surface area contributed by atoms with E-state index in [4.69, 9.17) is 34.8 Å². The van der Waals surface area contributed by atoms with Gasteiger partial charge in [0.1, 0.15) is 0 Å². The van der Waals surface area contributed by atoms with Crippen LogP contribution in [0.3, 0.4) is 0 Å². The third-order valence-electron chi connectivity index (χ3n) is 2.24. The molecule has 1 atom stereocenters. The molecule has 1 heterocycles. The van der Waals surface area contributed by atoms with Gasteiger partial charge in [0.15, 0.2) is 6.23 Å². The number of alkyl halides is 3. The molecular weight excluding hydrogens is 289 g/mol. The molecule has 16 heavy (non-hydrogen) atoms. The van der Waals surface area contributed by atoms with Crippen LogP contribution in [0.2, 0.25) is 0 Å². The largest absolute Gasteiger partial charge is 0.368 e. The van der Waals surface area contributed by atoms with Crippen molar-refractivity contribution in [2.75, 3.05) is 0 Å². The molecule has 1 aliphatic heterocycles. The van der Waals surface area contributed by atoms with Gasteiger partial charge in [-0.1, -0.05) is 65.6 Å². The number of aliphatic hydroxyl groups excluding tert-OH is 1. The molecule has 1 N–H and O–H groups in total. The van der Waals surface area contributed by atoms with Crippen molar-refractivity contribution < 1.29 is 5.11 Å². The standard InChI is InChI=1S/C10H8Cl3NOS/c1-6-7-4-2-3-5-8(7)9(15)14(6)16-10(11,12)13/h2-5,9,15H,1H2. The molecule has 1 aromatic rings. The minimum Gasteiger partial charge on any atom is -0.368 e. The Morgan fingerprint density at radius 1 is 1.31 bits per heavy atom. The molecule has 0 radical (unpaired) electrons. The first-order chi connectivity index (χ1) is 7.40. The van der Waals surface area contributed by atoms with Gasteiger partial charge < -0.3 is 5.11 Å². The zero-order valence-electron chi connectivity index (χ0n) is 8.03. The third-order valence-corrected chi connectivity index (χ3v) is 3.68. The molecule has 86 valence electrons. The number of rotatable bonds is 1. The number of aliphatic hydroxyl groups is 1. The maximum atomic E-state index is 10.0. The van der Waals surface area contributed by atoms with Crippen LogP contribution in [-0.2, 0) is 0 Å². The first-order valence-electron chi connectivity index (χ1n) is 4.41. The summed E-state index contributed by atoms with van der Waals surface area (Å²) in [5.41, 5.74) is 2.28. The molecule has 0 aromatic heterocycles. The first kappa shape index (κ1) is 12.4. The number of hydrogen-bond acceptors (Lipinski definition) is 3.